The average molecular weight is 381 g/mol. The van der Waals surface area contributed by atoms with E-state index in [4.69, 9.17) is 15.2 Å². The minimum absolute atomic E-state index is 0.0598. The van der Waals surface area contributed by atoms with Gasteiger partial charge in [0.05, 0.1) is 0 Å². The van der Waals surface area contributed by atoms with Gasteiger partial charge in [-0.2, -0.15) is 4.98 Å². The van der Waals surface area contributed by atoms with Gasteiger partial charge in [0.15, 0.2) is 0 Å². The van der Waals surface area contributed by atoms with E-state index in [1.54, 1.807) is 6.20 Å². The largest absolute Gasteiger partial charge is 0.459 e. The van der Waals surface area contributed by atoms with Crippen LogP contribution in [-0.4, -0.2) is 32.8 Å². The lowest BCUT2D eigenvalue weighted by Crippen LogP contribution is -2.38. The molecule has 26 heavy (non-hydrogen) atoms. The lowest BCUT2D eigenvalue weighted by Gasteiger charge is -2.37. The van der Waals surface area contributed by atoms with E-state index >= 15 is 0 Å². The minimum Gasteiger partial charge on any atom is -0.459 e. The molecule has 0 spiro atoms. The van der Waals surface area contributed by atoms with Gasteiger partial charge in [0, 0.05) is 11.9 Å². The third-order valence-electron chi connectivity index (χ3n) is 5.25. The van der Waals surface area contributed by atoms with E-state index < -0.39 is 17.4 Å². The molecule has 0 amide bonds. The Bertz CT molecular complexity index is 708. The standard InChI is InChI=1S/C18H27N3O4S/c1-10(2)12-5-4-11(3)8-13(12)24-16(22)17-25-15(9-26-17)21-7-6-14(19)20-18(21)23/h6-7,10-13,15,17H,4-5,8-9H2,1-3H3,(H2,19,20,23). The summed E-state index contributed by atoms with van der Waals surface area (Å²) in [5.74, 6) is 1.73. The van der Waals surface area contributed by atoms with Crippen molar-refractivity contribution < 1.29 is 14.3 Å². The highest BCUT2D eigenvalue weighted by Crippen LogP contribution is 2.37. The molecule has 2 fully saturated rings. The second-order valence-corrected chi connectivity index (χ2v) is 8.69. The molecule has 5 unspecified atom stereocenters. The number of anilines is 1. The number of hydrogen-bond donors (Lipinski definition) is 1. The van der Waals surface area contributed by atoms with Crippen molar-refractivity contribution in [3.8, 4) is 0 Å². The molecule has 2 N–H and O–H groups in total. The maximum Gasteiger partial charge on any atom is 0.351 e. The molecule has 0 radical (unpaired) electrons. The number of nitrogens with zero attached hydrogens (tertiary/aromatic N) is 2. The summed E-state index contributed by atoms with van der Waals surface area (Å²) >= 11 is 1.35. The number of esters is 1. The molecule has 5 atom stereocenters. The maximum atomic E-state index is 12.6. The highest BCUT2D eigenvalue weighted by Gasteiger charge is 2.38. The van der Waals surface area contributed by atoms with Gasteiger partial charge in [-0.15, -0.1) is 11.8 Å². The molecular formula is C18H27N3O4S. The zero-order chi connectivity index (χ0) is 18.8. The van der Waals surface area contributed by atoms with E-state index in [2.05, 4.69) is 25.8 Å². The van der Waals surface area contributed by atoms with Gasteiger partial charge in [-0.1, -0.05) is 27.2 Å². The summed E-state index contributed by atoms with van der Waals surface area (Å²) in [6.45, 7) is 6.56. The van der Waals surface area contributed by atoms with Gasteiger partial charge >= 0.3 is 11.7 Å². The molecule has 7 nitrogen and oxygen atoms in total. The molecule has 2 aliphatic rings. The van der Waals surface area contributed by atoms with E-state index in [1.807, 2.05) is 0 Å². The van der Waals surface area contributed by atoms with Crippen LogP contribution in [-0.2, 0) is 14.3 Å². The van der Waals surface area contributed by atoms with E-state index in [9.17, 15) is 9.59 Å². The summed E-state index contributed by atoms with van der Waals surface area (Å²) in [6.07, 6.45) is 4.11. The zero-order valence-corrected chi connectivity index (χ0v) is 16.3. The predicted molar refractivity (Wildman–Crippen MR) is 101 cm³/mol. The van der Waals surface area contributed by atoms with E-state index in [0.29, 0.717) is 23.5 Å². The van der Waals surface area contributed by atoms with Gasteiger partial charge in [-0.3, -0.25) is 4.57 Å². The average Bonchev–Trinajstić information content (AvgIpc) is 3.04. The van der Waals surface area contributed by atoms with Crippen LogP contribution < -0.4 is 11.4 Å². The maximum absolute atomic E-state index is 12.6. The second-order valence-electron chi connectivity index (χ2n) is 7.60. The van der Waals surface area contributed by atoms with Crippen LogP contribution >= 0.6 is 11.8 Å². The minimum atomic E-state index is -0.713. The Morgan fingerprint density at radius 1 is 1.46 bits per heavy atom. The van der Waals surface area contributed by atoms with Crippen molar-refractivity contribution in [2.75, 3.05) is 11.5 Å². The number of nitrogen functional groups attached to an aromatic ring is 1. The van der Waals surface area contributed by atoms with Gasteiger partial charge in [0.1, 0.15) is 18.1 Å². The lowest BCUT2D eigenvalue weighted by atomic mass is 9.75. The Hall–Kier alpha value is -1.54. The first-order valence-corrected chi connectivity index (χ1v) is 10.2. The third-order valence-corrected chi connectivity index (χ3v) is 6.34. The molecule has 1 aliphatic heterocycles. The highest BCUT2D eigenvalue weighted by molar-refractivity contribution is 8.00. The normalized spacial score (nSPS) is 31.9. The Morgan fingerprint density at radius 2 is 2.23 bits per heavy atom. The van der Waals surface area contributed by atoms with Crippen LogP contribution in [0.25, 0.3) is 0 Å². The molecule has 144 valence electrons. The molecular weight excluding hydrogens is 354 g/mol. The third kappa shape index (κ3) is 4.23. The summed E-state index contributed by atoms with van der Waals surface area (Å²) in [6, 6.07) is 1.54. The molecule has 1 saturated carbocycles. The first-order chi connectivity index (χ1) is 12.3. The summed E-state index contributed by atoms with van der Waals surface area (Å²) in [7, 11) is 0. The first-order valence-electron chi connectivity index (χ1n) is 9.17. The fourth-order valence-electron chi connectivity index (χ4n) is 3.76. The number of ether oxygens (including phenoxy) is 2. The second kappa shape index (κ2) is 8.00. The van der Waals surface area contributed by atoms with Crippen LogP contribution in [0.4, 0.5) is 5.82 Å². The Labute approximate surface area is 157 Å². The number of nitrogens with two attached hydrogens (primary N) is 1. The molecule has 2 heterocycles. The summed E-state index contributed by atoms with van der Waals surface area (Å²) < 4.78 is 13.0. The molecule has 1 aromatic heterocycles. The molecule has 1 saturated heterocycles. The smallest absolute Gasteiger partial charge is 0.351 e. The zero-order valence-electron chi connectivity index (χ0n) is 15.5. The summed E-state index contributed by atoms with van der Waals surface area (Å²) in [4.78, 5) is 28.3. The SMILES string of the molecule is CC1CCC(C(C)C)C(OC(=O)C2OC(n3ccc(N)nc3=O)CS2)C1. The Kier molecular flexibility index (Phi) is 5.92. The number of thioether (sulfide) groups is 1. The lowest BCUT2D eigenvalue weighted by molar-refractivity contribution is -0.166. The van der Waals surface area contributed by atoms with Crippen LogP contribution in [0.3, 0.4) is 0 Å². The van der Waals surface area contributed by atoms with E-state index in [1.165, 1.54) is 28.8 Å². The molecule has 3 rings (SSSR count). The Balaban J connectivity index is 1.63. The van der Waals surface area contributed by atoms with Crippen molar-refractivity contribution in [1.82, 2.24) is 9.55 Å². The van der Waals surface area contributed by atoms with Gasteiger partial charge in [0.25, 0.3) is 0 Å². The predicted octanol–water partition coefficient (Wildman–Crippen LogP) is 2.42. The van der Waals surface area contributed by atoms with Crippen LogP contribution in [0.5, 0.6) is 0 Å². The van der Waals surface area contributed by atoms with Gasteiger partial charge < -0.3 is 15.2 Å². The molecule has 1 aliphatic carbocycles. The molecule has 0 bridgehead atoms. The number of carbonyl (C=O) groups excluding carboxylic acids is 1. The van der Waals surface area contributed by atoms with Crippen LogP contribution in [0.15, 0.2) is 17.1 Å². The fraction of sp³-hybridized carbons (Fsp3) is 0.722. The molecule has 0 aromatic carbocycles. The Morgan fingerprint density at radius 3 is 2.92 bits per heavy atom. The number of rotatable bonds is 4. The first kappa shape index (κ1) is 19.2. The summed E-state index contributed by atoms with van der Waals surface area (Å²) in [5, 5.41) is 0. The van der Waals surface area contributed by atoms with Crippen molar-refractivity contribution in [3.05, 3.63) is 22.7 Å². The number of hydrogen-bond acceptors (Lipinski definition) is 7. The van der Waals surface area contributed by atoms with Gasteiger partial charge in [-0.05, 0) is 36.7 Å². The van der Waals surface area contributed by atoms with Crippen LogP contribution in [0.2, 0.25) is 0 Å². The number of carbonyl (C=O) groups is 1. The van der Waals surface area contributed by atoms with Crippen molar-refractivity contribution >= 4 is 23.5 Å². The van der Waals surface area contributed by atoms with E-state index in [0.717, 1.165) is 12.8 Å². The van der Waals surface area contributed by atoms with Crippen LogP contribution in [0, 0.1) is 17.8 Å². The molecule has 1 aromatic rings. The van der Waals surface area contributed by atoms with Gasteiger partial charge in [0.2, 0.25) is 5.44 Å². The monoisotopic (exact) mass is 381 g/mol. The van der Waals surface area contributed by atoms with Crippen molar-refractivity contribution in [3.63, 3.8) is 0 Å². The molecule has 8 heteroatoms. The van der Waals surface area contributed by atoms with Crippen molar-refractivity contribution in [2.45, 2.75) is 57.8 Å². The highest BCUT2D eigenvalue weighted by atomic mass is 32.2. The van der Waals surface area contributed by atoms with Crippen LogP contribution in [0.1, 0.15) is 46.3 Å². The summed E-state index contributed by atoms with van der Waals surface area (Å²) in [5.41, 5.74) is 4.32. The van der Waals surface area contributed by atoms with Crippen molar-refractivity contribution in [1.29, 1.82) is 0 Å². The van der Waals surface area contributed by atoms with Crippen molar-refractivity contribution in [2.24, 2.45) is 17.8 Å². The fourth-order valence-corrected chi connectivity index (χ4v) is 4.74. The topological polar surface area (TPSA) is 96.4 Å². The number of aromatic nitrogens is 2. The van der Waals surface area contributed by atoms with E-state index in [-0.39, 0.29) is 17.9 Å². The quantitative estimate of drug-likeness (QED) is 0.800. The van der Waals surface area contributed by atoms with Gasteiger partial charge in [-0.25, -0.2) is 9.59 Å².